The van der Waals surface area contributed by atoms with Crippen molar-refractivity contribution < 1.29 is 4.79 Å². The number of carbonyl (C=O) groups is 1. The predicted octanol–water partition coefficient (Wildman–Crippen LogP) is 1.77. The highest BCUT2D eigenvalue weighted by atomic mass is 16.1. The summed E-state index contributed by atoms with van der Waals surface area (Å²) in [6.07, 6.45) is 3.31. The molecular formula is C13H26N2O. The average molecular weight is 226 g/mol. The van der Waals surface area contributed by atoms with Gasteiger partial charge in [0.15, 0.2) is 0 Å². The van der Waals surface area contributed by atoms with Crippen LogP contribution in [0.3, 0.4) is 0 Å². The lowest BCUT2D eigenvalue weighted by atomic mass is 10.1. The molecule has 0 bridgehead atoms. The predicted molar refractivity (Wildman–Crippen MR) is 67.7 cm³/mol. The first-order valence-corrected chi connectivity index (χ1v) is 6.48. The summed E-state index contributed by atoms with van der Waals surface area (Å²) in [5.74, 6) is 0.290. The lowest BCUT2D eigenvalue weighted by molar-refractivity contribution is -0.118. The van der Waals surface area contributed by atoms with Crippen LogP contribution < -0.4 is 0 Å². The van der Waals surface area contributed by atoms with Crippen LogP contribution in [0.5, 0.6) is 0 Å². The highest BCUT2D eigenvalue weighted by molar-refractivity contribution is 5.76. The third kappa shape index (κ3) is 3.87. The molecule has 2 atom stereocenters. The SMILES string of the molecule is CCN1CCCC1CN(C)C(C)CC(C)=O. The minimum atomic E-state index is 0.290. The van der Waals surface area contributed by atoms with Crippen molar-refractivity contribution in [1.29, 1.82) is 0 Å². The van der Waals surface area contributed by atoms with Crippen LogP contribution in [0.25, 0.3) is 0 Å². The minimum Gasteiger partial charge on any atom is -0.302 e. The summed E-state index contributed by atoms with van der Waals surface area (Å²) in [4.78, 5) is 16.0. The van der Waals surface area contributed by atoms with E-state index in [1.807, 2.05) is 0 Å². The highest BCUT2D eigenvalue weighted by Crippen LogP contribution is 2.18. The molecule has 1 rings (SSSR count). The Morgan fingerprint density at radius 2 is 2.25 bits per heavy atom. The largest absolute Gasteiger partial charge is 0.302 e. The van der Waals surface area contributed by atoms with E-state index in [-0.39, 0.29) is 5.78 Å². The highest BCUT2D eigenvalue weighted by Gasteiger charge is 2.25. The summed E-state index contributed by atoms with van der Waals surface area (Å²) < 4.78 is 0. The maximum absolute atomic E-state index is 11.1. The molecule has 0 amide bonds. The van der Waals surface area contributed by atoms with Crippen LogP contribution in [-0.2, 0) is 4.79 Å². The van der Waals surface area contributed by atoms with Gasteiger partial charge in [-0.05, 0) is 46.8 Å². The molecule has 1 heterocycles. The molecule has 3 nitrogen and oxygen atoms in total. The van der Waals surface area contributed by atoms with Gasteiger partial charge in [0, 0.05) is 25.0 Å². The molecule has 94 valence electrons. The zero-order chi connectivity index (χ0) is 12.1. The van der Waals surface area contributed by atoms with E-state index < -0.39 is 0 Å². The van der Waals surface area contributed by atoms with Crippen molar-refractivity contribution in [2.24, 2.45) is 0 Å². The lowest BCUT2D eigenvalue weighted by Crippen LogP contribution is -2.42. The second-order valence-corrected chi connectivity index (χ2v) is 5.12. The second-order valence-electron chi connectivity index (χ2n) is 5.12. The Labute approximate surface area is 99.8 Å². The number of nitrogens with zero attached hydrogens (tertiary/aromatic N) is 2. The number of likely N-dealkylation sites (N-methyl/N-ethyl adjacent to an activating group) is 2. The molecule has 3 heteroatoms. The fourth-order valence-corrected chi connectivity index (χ4v) is 2.60. The van der Waals surface area contributed by atoms with Crippen molar-refractivity contribution in [3.8, 4) is 0 Å². The molecule has 16 heavy (non-hydrogen) atoms. The van der Waals surface area contributed by atoms with Crippen molar-refractivity contribution in [3.63, 3.8) is 0 Å². The summed E-state index contributed by atoms with van der Waals surface area (Å²) in [5, 5.41) is 0. The average Bonchev–Trinajstić information content (AvgIpc) is 2.64. The van der Waals surface area contributed by atoms with Gasteiger partial charge in [0.1, 0.15) is 5.78 Å². The van der Waals surface area contributed by atoms with Crippen molar-refractivity contribution >= 4 is 5.78 Å². The molecule has 0 aromatic rings. The Morgan fingerprint density at radius 3 is 2.81 bits per heavy atom. The number of hydrogen-bond acceptors (Lipinski definition) is 3. The zero-order valence-corrected chi connectivity index (χ0v) is 11.2. The van der Waals surface area contributed by atoms with E-state index in [1.54, 1.807) is 6.92 Å². The van der Waals surface area contributed by atoms with Crippen molar-refractivity contribution in [1.82, 2.24) is 9.80 Å². The summed E-state index contributed by atoms with van der Waals surface area (Å²) >= 11 is 0. The van der Waals surface area contributed by atoms with E-state index in [4.69, 9.17) is 0 Å². The fraction of sp³-hybridized carbons (Fsp3) is 0.923. The smallest absolute Gasteiger partial charge is 0.131 e. The Morgan fingerprint density at radius 1 is 1.56 bits per heavy atom. The molecule has 0 saturated carbocycles. The number of carbonyl (C=O) groups excluding carboxylic acids is 1. The molecule has 0 aliphatic carbocycles. The van der Waals surface area contributed by atoms with E-state index >= 15 is 0 Å². The molecule has 1 aliphatic rings. The van der Waals surface area contributed by atoms with Crippen molar-refractivity contribution in [3.05, 3.63) is 0 Å². The number of ketones is 1. The van der Waals surface area contributed by atoms with Gasteiger partial charge in [-0.25, -0.2) is 0 Å². The third-order valence-electron chi connectivity index (χ3n) is 3.74. The van der Waals surface area contributed by atoms with Gasteiger partial charge in [0.25, 0.3) is 0 Å². The maximum Gasteiger partial charge on any atom is 0.131 e. The molecule has 1 aliphatic heterocycles. The molecular weight excluding hydrogens is 200 g/mol. The second kappa shape index (κ2) is 6.36. The van der Waals surface area contributed by atoms with Gasteiger partial charge in [-0.15, -0.1) is 0 Å². The topological polar surface area (TPSA) is 23.6 Å². The van der Waals surface area contributed by atoms with E-state index in [9.17, 15) is 4.79 Å². The van der Waals surface area contributed by atoms with Gasteiger partial charge in [0.05, 0.1) is 0 Å². The number of hydrogen-bond donors (Lipinski definition) is 0. The summed E-state index contributed by atoms with van der Waals surface area (Å²) in [7, 11) is 2.14. The lowest BCUT2D eigenvalue weighted by Gasteiger charge is -2.31. The van der Waals surface area contributed by atoms with Crippen LogP contribution in [0, 0.1) is 0 Å². The third-order valence-corrected chi connectivity index (χ3v) is 3.74. The number of likely N-dealkylation sites (tertiary alicyclic amines) is 1. The summed E-state index contributed by atoms with van der Waals surface area (Å²) in [5.41, 5.74) is 0. The zero-order valence-electron chi connectivity index (χ0n) is 11.2. The Balaban J connectivity index is 2.37. The Kier molecular flexibility index (Phi) is 5.42. The van der Waals surface area contributed by atoms with E-state index in [0.717, 1.165) is 13.1 Å². The normalized spacial score (nSPS) is 23.9. The van der Waals surface area contributed by atoms with Crippen molar-refractivity contribution in [2.45, 2.75) is 52.1 Å². The van der Waals surface area contributed by atoms with Crippen LogP contribution in [0.2, 0.25) is 0 Å². The molecule has 1 fully saturated rings. The minimum absolute atomic E-state index is 0.290. The molecule has 0 spiro atoms. The van der Waals surface area contributed by atoms with Crippen molar-refractivity contribution in [2.75, 3.05) is 26.7 Å². The Bertz CT molecular complexity index is 230. The van der Waals surface area contributed by atoms with Gasteiger partial charge < -0.3 is 4.90 Å². The van der Waals surface area contributed by atoms with E-state index in [2.05, 4.69) is 30.7 Å². The fourth-order valence-electron chi connectivity index (χ4n) is 2.60. The van der Waals surface area contributed by atoms with Crippen LogP contribution in [0.4, 0.5) is 0 Å². The number of rotatable bonds is 6. The van der Waals surface area contributed by atoms with E-state index in [1.165, 1.54) is 19.4 Å². The van der Waals surface area contributed by atoms with Crippen LogP contribution in [0.1, 0.15) is 40.0 Å². The standard InChI is InChI=1S/C13H26N2O/c1-5-15-8-6-7-13(15)10-14(4)11(2)9-12(3)16/h11,13H,5-10H2,1-4H3. The van der Waals surface area contributed by atoms with Gasteiger partial charge in [-0.3, -0.25) is 9.69 Å². The Hall–Kier alpha value is -0.410. The first kappa shape index (κ1) is 13.7. The van der Waals surface area contributed by atoms with Crippen LogP contribution in [-0.4, -0.2) is 54.3 Å². The van der Waals surface area contributed by atoms with Gasteiger partial charge in [-0.1, -0.05) is 6.92 Å². The van der Waals surface area contributed by atoms with Gasteiger partial charge in [-0.2, -0.15) is 0 Å². The molecule has 0 radical (unpaired) electrons. The van der Waals surface area contributed by atoms with Crippen LogP contribution >= 0.6 is 0 Å². The summed E-state index contributed by atoms with van der Waals surface area (Å²) in [6, 6.07) is 1.07. The quantitative estimate of drug-likeness (QED) is 0.689. The van der Waals surface area contributed by atoms with E-state index in [0.29, 0.717) is 18.5 Å². The first-order chi connectivity index (χ1) is 7.54. The number of Topliss-reactive ketones (excluding diaryl/α,β-unsaturated/α-hetero) is 1. The maximum atomic E-state index is 11.1. The molecule has 0 aromatic heterocycles. The molecule has 1 saturated heterocycles. The molecule has 0 aromatic carbocycles. The first-order valence-electron chi connectivity index (χ1n) is 6.48. The van der Waals surface area contributed by atoms with Gasteiger partial charge >= 0.3 is 0 Å². The van der Waals surface area contributed by atoms with Crippen LogP contribution in [0.15, 0.2) is 0 Å². The molecule has 0 N–H and O–H groups in total. The summed E-state index contributed by atoms with van der Waals surface area (Å²) in [6.45, 7) is 9.56. The van der Waals surface area contributed by atoms with Gasteiger partial charge in [0.2, 0.25) is 0 Å². The monoisotopic (exact) mass is 226 g/mol. The molecule has 2 unspecified atom stereocenters.